The third-order valence-electron chi connectivity index (χ3n) is 3.28. The first kappa shape index (κ1) is 13.4. The maximum atomic E-state index is 11.5. The molecular formula is C14H17NO4. The van der Waals surface area contributed by atoms with E-state index >= 15 is 0 Å². The van der Waals surface area contributed by atoms with E-state index < -0.39 is 5.97 Å². The van der Waals surface area contributed by atoms with E-state index in [0.29, 0.717) is 25.1 Å². The van der Waals surface area contributed by atoms with Gasteiger partial charge in [0.25, 0.3) is 0 Å². The summed E-state index contributed by atoms with van der Waals surface area (Å²) in [6, 6.07) is 7.08. The standard InChI is InChI=1S/C14H17NO4/c1-2-19-14(18)10-3-5-12(6-4-10)15-8-7-11(9-15)13(16)17/h3-6,11H,2,7-9H2,1H3,(H,16,17). The highest BCUT2D eigenvalue weighted by molar-refractivity contribution is 5.89. The second-order valence-electron chi connectivity index (χ2n) is 4.54. The van der Waals surface area contributed by atoms with Crippen molar-refractivity contribution in [1.82, 2.24) is 0 Å². The fourth-order valence-electron chi connectivity index (χ4n) is 2.22. The van der Waals surface area contributed by atoms with Crippen LogP contribution in [0.25, 0.3) is 0 Å². The normalized spacial score (nSPS) is 18.4. The highest BCUT2D eigenvalue weighted by atomic mass is 16.5. The van der Waals surface area contributed by atoms with Crippen LogP contribution in [0, 0.1) is 5.92 Å². The zero-order chi connectivity index (χ0) is 13.8. The minimum absolute atomic E-state index is 0.301. The molecule has 1 heterocycles. The van der Waals surface area contributed by atoms with Crippen molar-refractivity contribution >= 4 is 17.6 Å². The summed E-state index contributed by atoms with van der Waals surface area (Å²) in [5.41, 5.74) is 1.45. The number of hydrogen-bond donors (Lipinski definition) is 1. The van der Waals surface area contributed by atoms with E-state index in [2.05, 4.69) is 0 Å². The van der Waals surface area contributed by atoms with Gasteiger partial charge in [0.1, 0.15) is 0 Å². The first-order valence-electron chi connectivity index (χ1n) is 6.36. The van der Waals surface area contributed by atoms with Crippen LogP contribution >= 0.6 is 0 Å². The van der Waals surface area contributed by atoms with Crippen molar-refractivity contribution in [1.29, 1.82) is 0 Å². The van der Waals surface area contributed by atoms with Gasteiger partial charge in [-0.05, 0) is 37.6 Å². The van der Waals surface area contributed by atoms with Gasteiger partial charge in [0.05, 0.1) is 18.1 Å². The van der Waals surface area contributed by atoms with Crippen LogP contribution in [0.15, 0.2) is 24.3 Å². The number of aliphatic carboxylic acids is 1. The van der Waals surface area contributed by atoms with Gasteiger partial charge in [0.15, 0.2) is 0 Å². The molecule has 1 aliphatic heterocycles. The summed E-state index contributed by atoms with van der Waals surface area (Å²) < 4.78 is 4.91. The molecule has 0 spiro atoms. The number of carboxylic acid groups (broad SMARTS) is 1. The number of benzene rings is 1. The number of nitrogens with zero attached hydrogens (tertiary/aromatic N) is 1. The average molecular weight is 263 g/mol. The minimum atomic E-state index is -0.745. The SMILES string of the molecule is CCOC(=O)c1ccc(N2CCC(C(=O)O)C2)cc1. The molecule has 19 heavy (non-hydrogen) atoms. The number of carboxylic acids is 1. The van der Waals surface area contributed by atoms with Gasteiger partial charge in [-0.25, -0.2) is 4.79 Å². The summed E-state index contributed by atoms with van der Waals surface area (Å²) in [4.78, 5) is 24.4. The minimum Gasteiger partial charge on any atom is -0.481 e. The van der Waals surface area contributed by atoms with Crippen LogP contribution in [0.2, 0.25) is 0 Å². The van der Waals surface area contributed by atoms with Gasteiger partial charge in [0.2, 0.25) is 0 Å². The average Bonchev–Trinajstić information content (AvgIpc) is 2.89. The Balaban J connectivity index is 2.03. The van der Waals surface area contributed by atoms with Crippen LogP contribution in [-0.4, -0.2) is 36.7 Å². The molecule has 1 aromatic carbocycles. The topological polar surface area (TPSA) is 66.8 Å². The van der Waals surface area contributed by atoms with Crippen molar-refractivity contribution in [2.45, 2.75) is 13.3 Å². The fourth-order valence-corrected chi connectivity index (χ4v) is 2.22. The number of carbonyl (C=O) groups excluding carboxylic acids is 1. The predicted octanol–water partition coefficient (Wildman–Crippen LogP) is 1.77. The van der Waals surface area contributed by atoms with Crippen LogP contribution < -0.4 is 4.90 Å². The molecule has 0 amide bonds. The molecule has 5 nitrogen and oxygen atoms in total. The fraction of sp³-hybridized carbons (Fsp3) is 0.429. The molecule has 0 saturated carbocycles. The monoisotopic (exact) mass is 263 g/mol. The summed E-state index contributed by atoms with van der Waals surface area (Å²) in [5.74, 6) is -1.38. The number of anilines is 1. The summed E-state index contributed by atoms with van der Waals surface area (Å²) >= 11 is 0. The highest BCUT2D eigenvalue weighted by Gasteiger charge is 2.28. The lowest BCUT2D eigenvalue weighted by Gasteiger charge is -2.18. The number of esters is 1. The van der Waals surface area contributed by atoms with E-state index in [9.17, 15) is 9.59 Å². The Morgan fingerprint density at radius 1 is 1.37 bits per heavy atom. The molecule has 0 aromatic heterocycles. The number of hydrogen-bond acceptors (Lipinski definition) is 4. The van der Waals surface area contributed by atoms with Crippen LogP contribution in [-0.2, 0) is 9.53 Å². The Bertz CT molecular complexity index is 469. The predicted molar refractivity (Wildman–Crippen MR) is 70.4 cm³/mol. The van der Waals surface area contributed by atoms with Gasteiger partial charge in [-0.1, -0.05) is 0 Å². The van der Waals surface area contributed by atoms with Gasteiger partial charge < -0.3 is 14.7 Å². The summed E-state index contributed by atoms with van der Waals surface area (Å²) in [6.07, 6.45) is 0.662. The largest absolute Gasteiger partial charge is 0.481 e. The third-order valence-corrected chi connectivity index (χ3v) is 3.28. The Hall–Kier alpha value is -2.04. The molecule has 1 aliphatic rings. The van der Waals surface area contributed by atoms with Gasteiger partial charge >= 0.3 is 11.9 Å². The number of ether oxygens (including phenoxy) is 1. The summed E-state index contributed by atoms with van der Waals surface area (Å²) in [7, 11) is 0. The van der Waals surface area contributed by atoms with Gasteiger partial charge in [-0.2, -0.15) is 0 Å². The molecule has 1 aromatic rings. The molecule has 5 heteroatoms. The van der Waals surface area contributed by atoms with Crippen LogP contribution in [0.5, 0.6) is 0 Å². The Kier molecular flexibility index (Phi) is 4.04. The second kappa shape index (κ2) is 5.73. The molecule has 0 radical (unpaired) electrons. The molecule has 102 valence electrons. The van der Waals surface area contributed by atoms with E-state index in [1.807, 2.05) is 17.0 Å². The molecule has 2 rings (SSSR count). The van der Waals surface area contributed by atoms with Crippen molar-refractivity contribution in [3.8, 4) is 0 Å². The maximum absolute atomic E-state index is 11.5. The van der Waals surface area contributed by atoms with Gasteiger partial charge in [-0.3, -0.25) is 4.79 Å². The highest BCUT2D eigenvalue weighted by Crippen LogP contribution is 2.24. The second-order valence-corrected chi connectivity index (χ2v) is 4.54. The van der Waals surface area contributed by atoms with E-state index in [0.717, 1.165) is 12.2 Å². The third kappa shape index (κ3) is 3.05. The summed E-state index contributed by atoms with van der Waals surface area (Å²) in [5, 5.41) is 8.97. The zero-order valence-corrected chi connectivity index (χ0v) is 10.8. The summed E-state index contributed by atoms with van der Waals surface area (Å²) in [6.45, 7) is 3.37. The number of carbonyl (C=O) groups is 2. The molecule has 0 aliphatic carbocycles. The Morgan fingerprint density at radius 2 is 2.05 bits per heavy atom. The first-order chi connectivity index (χ1) is 9.11. The molecule has 1 atom stereocenters. The van der Waals surface area contributed by atoms with Crippen molar-refractivity contribution < 1.29 is 19.4 Å². The quantitative estimate of drug-likeness (QED) is 0.839. The zero-order valence-electron chi connectivity index (χ0n) is 10.8. The lowest BCUT2D eigenvalue weighted by Crippen LogP contribution is -2.22. The van der Waals surface area contributed by atoms with E-state index in [4.69, 9.17) is 9.84 Å². The van der Waals surface area contributed by atoms with Crippen molar-refractivity contribution in [3.63, 3.8) is 0 Å². The maximum Gasteiger partial charge on any atom is 0.338 e. The number of rotatable bonds is 4. The van der Waals surface area contributed by atoms with Crippen LogP contribution in [0.1, 0.15) is 23.7 Å². The molecule has 0 bridgehead atoms. The smallest absolute Gasteiger partial charge is 0.338 e. The Labute approximate surface area is 111 Å². The first-order valence-corrected chi connectivity index (χ1v) is 6.36. The lowest BCUT2D eigenvalue weighted by atomic mass is 10.1. The lowest BCUT2D eigenvalue weighted by molar-refractivity contribution is -0.140. The van der Waals surface area contributed by atoms with Gasteiger partial charge in [0, 0.05) is 18.8 Å². The van der Waals surface area contributed by atoms with Crippen molar-refractivity contribution in [2.75, 3.05) is 24.6 Å². The van der Waals surface area contributed by atoms with Crippen LogP contribution in [0.3, 0.4) is 0 Å². The van der Waals surface area contributed by atoms with Crippen LogP contribution in [0.4, 0.5) is 5.69 Å². The van der Waals surface area contributed by atoms with Crippen molar-refractivity contribution in [3.05, 3.63) is 29.8 Å². The molecule has 1 saturated heterocycles. The van der Waals surface area contributed by atoms with E-state index in [-0.39, 0.29) is 11.9 Å². The Morgan fingerprint density at radius 3 is 2.58 bits per heavy atom. The van der Waals surface area contributed by atoms with E-state index in [1.54, 1.807) is 19.1 Å². The van der Waals surface area contributed by atoms with Crippen molar-refractivity contribution in [2.24, 2.45) is 5.92 Å². The molecule has 1 fully saturated rings. The van der Waals surface area contributed by atoms with E-state index in [1.165, 1.54) is 0 Å². The molecule has 1 N–H and O–H groups in total. The van der Waals surface area contributed by atoms with Gasteiger partial charge in [-0.15, -0.1) is 0 Å². The molecule has 1 unspecified atom stereocenters. The molecular weight excluding hydrogens is 246 g/mol.